The van der Waals surface area contributed by atoms with Gasteiger partial charge in [0.05, 0.1) is 5.92 Å². The number of carbonyl (C=O) groups excluding carboxylic acids is 1. The molecule has 0 radical (unpaired) electrons. The zero-order valence-corrected chi connectivity index (χ0v) is 13.8. The molecular formula is C19H20N2O4. The fourth-order valence-corrected chi connectivity index (χ4v) is 3.11. The van der Waals surface area contributed by atoms with Crippen LogP contribution in [0.1, 0.15) is 24.0 Å². The largest absolute Gasteiger partial charge is 0.479 e. The molecule has 25 heavy (non-hydrogen) atoms. The van der Waals surface area contributed by atoms with Gasteiger partial charge in [-0.1, -0.05) is 48.5 Å². The molecule has 6 nitrogen and oxygen atoms in total. The van der Waals surface area contributed by atoms with Gasteiger partial charge < -0.3 is 21.3 Å². The molecule has 0 spiro atoms. The number of aliphatic carboxylic acids is 1. The van der Waals surface area contributed by atoms with E-state index in [1.165, 1.54) is 6.92 Å². The quantitative estimate of drug-likeness (QED) is 0.563. The maximum atomic E-state index is 12.2. The van der Waals surface area contributed by atoms with Crippen molar-refractivity contribution >= 4 is 11.9 Å². The van der Waals surface area contributed by atoms with Crippen LogP contribution >= 0.6 is 0 Å². The minimum Gasteiger partial charge on any atom is -0.479 e. The number of nitrogens with two attached hydrogens (primary N) is 2. The molecule has 0 aliphatic heterocycles. The SMILES string of the molecule is CC(C(=O)OCC1c2ccccc2-c2ccccc21)C(N)(N)C(=O)O. The van der Waals surface area contributed by atoms with Crippen LogP contribution in [-0.4, -0.2) is 29.3 Å². The predicted octanol–water partition coefficient (Wildman–Crippen LogP) is 1.68. The Morgan fingerprint density at radius 2 is 1.56 bits per heavy atom. The first-order valence-electron chi connectivity index (χ1n) is 8.00. The topological polar surface area (TPSA) is 116 Å². The van der Waals surface area contributed by atoms with Crippen molar-refractivity contribution in [3.05, 3.63) is 59.7 Å². The van der Waals surface area contributed by atoms with Crippen molar-refractivity contribution in [2.24, 2.45) is 17.4 Å². The van der Waals surface area contributed by atoms with Crippen LogP contribution in [0, 0.1) is 5.92 Å². The van der Waals surface area contributed by atoms with Gasteiger partial charge in [0.25, 0.3) is 0 Å². The van der Waals surface area contributed by atoms with Crippen molar-refractivity contribution in [1.29, 1.82) is 0 Å². The highest BCUT2D eigenvalue weighted by atomic mass is 16.5. The molecule has 1 atom stereocenters. The minimum atomic E-state index is -2.16. The maximum Gasteiger partial charge on any atom is 0.339 e. The van der Waals surface area contributed by atoms with Gasteiger partial charge >= 0.3 is 11.9 Å². The Balaban J connectivity index is 1.80. The van der Waals surface area contributed by atoms with E-state index in [9.17, 15) is 9.59 Å². The average Bonchev–Trinajstić information content (AvgIpc) is 2.93. The van der Waals surface area contributed by atoms with E-state index >= 15 is 0 Å². The fourth-order valence-electron chi connectivity index (χ4n) is 3.11. The first-order chi connectivity index (χ1) is 11.8. The molecule has 1 unspecified atom stereocenters. The van der Waals surface area contributed by atoms with Crippen molar-refractivity contribution in [2.75, 3.05) is 6.61 Å². The van der Waals surface area contributed by atoms with Crippen molar-refractivity contribution in [2.45, 2.75) is 18.5 Å². The standard InChI is InChI=1S/C19H20N2O4/c1-11(19(20,21)18(23)24)17(22)25-10-16-14-8-4-2-6-12(14)13-7-3-5-9-15(13)16/h2-9,11,16H,10,20-21H2,1H3,(H,23,24). The molecule has 1 aliphatic carbocycles. The van der Waals surface area contributed by atoms with Crippen molar-refractivity contribution < 1.29 is 19.4 Å². The number of carboxylic acids is 1. The monoisotopic (exact) mass is 340 g/mol. The lowest BCUT2D eigenvalue weighted by Gasteiger charge is -2.25. The third kappa shape index (κ3) is 2.90. The molecule has 3 rings (SSSR count). The van der Waals surface area contributed by atoms with Gasteiger partial charge in [0.2, 0.25) is 0 Å². The van der Waals surface area contributed by atoms with Gasteiger partial charge in [0.15, 0.2) is 5.66 Å². The molecule has 0 fully saturated rings. The summed E-state index contributed by atoms with van der Waals surface area (Å²) in [6.45, 7) is 1.46. The van der Waals surface area contributed by atoms with E-state index in [0.717, 1.165) is 22.3 Å². The van der Waals surface area contributed by atoms with Gasteiger partial charge in [-0.15, -0.1) is 0 Å². The molecule has 0 bridgehead atoms. The smallest absolute Gasteiger partial charge is 0.339 e. The van der Waals surface area contributed by atoms with E-state index in [1.807, 2.05) is 48.5 Å². The summed E-state index contributed by atoms with van der Waals surface area (Å²) in [5.74, 6) is -3.45. The van der Waals surface area contributed by atoms with E-state index in [1.54, 1.807) is 0 Å². The molecule has 2 aromatic rings. The van der Waals surface area contributed by atoms with E-state index in [2.05, 4.69) is 0 Å². The zero-order chi connectivity index (χ0) is 18.2. The molecule has 5 N–H and O–H groups in total. The summed E-state index contributed by atoms with van der Waals surface area (Å²) >= 11 is 0. The Morgan fingerprint density at radius 3 is 2.04 bits per heavy atom. The summed E-state index contributed by atoms with van der Waals surface area (Å²) in [5, 5.41) is 9.04. The zero-order valence-electron chi connectivity index (χ0n) is 13.8. The number of ether oxygens (including phenoxy) is 1. The van der Waals surface area contributed by atoms with Crippen molar-refractivity contribution in [3.63, 3.8) is 0 Å². The van der Waals surface area contributed by atoms with Crippen LogP contribution in [0.3, 0.4) is 0 Å². The molecule has 0 heterocycles. The van der Waals surface area contributed by atoms with E-state index < -0.39 is 23.5 Å². The summed E-state index contributed by atoms with van der Waals surface area (Å²) in [7, 11) is 0. The van der Waals surface area contributed by atoms with Crippen molar-refractivity contribution in [3.8, 4) is 11.1 Å². The molecular weight excluding hydrogens is 320 g/mol. The highest BCUT2D eigenvalue weighted by Crippen LogP contribution is 2.44. The Morgan fingerprint density at radius 1 is 1.08 bits per heavy atom. The summed E-state index contributed by atoms with van der Waals surface area (Å²) in [4.78, 5) is 23.3. The first kappa shape index (κ1) is 17.1. The minimum absolute atomic E-state index is 0.0988. The van der Waals surface area contributed by atoms with E-state index in [-0.39, 0.29) is 12.5 Å². The van der Waals surface area contributed by atoms with Crippen LogP contribution < -0.4 is 11.5 Å². The van der Waals surface area contributed by atoms with Crippen LogP contribution in [0.2, 0.25) is 0 Å². The normalized spacial score (nSPS) is 14.5. The predicted molar refractivity (Wildman–Crippen MR) is 92.6 cm³/mol. The van der Waals surface area contributed by atoms with Gasteiger partial charge in [0, 0.05) is 5.92 Å². The number of fused-ring (bicyclic) bond motifs is 3. The number of carboxylic acid groups (broad SMARTS) is 1. The molecule has 0 amide bonds. The highest BCUT2D eigenvalue weighted by Gasteiger charge is 2.41. The Kier molecular flexibility index (Phi) is 4.32. The molecule has 2 aromatic carbocycles. The lowest BCUT2D eigenvalue weighted by molar-refractivity contribution is -0.158. The molecule has 0 saturated heterocycles. The third-order valence-corrected chi connectivity index (χ3v) is 4.80. The Hall–Kier alpha value is -2.70. The second-order valence-electron chi connectivity index (χ2n) is 6.32. The number of hydrogen-bond donors (Lipinski definition) is 3. The maximum absolute atomic E-state index is 12.2. The molecule has 6 heteroatoms. The Labute approximate surface area is 145 Å². The second kappa shape index (κ2) is 6.31. The average molecular weight is 340 g/mol. The lowest BCUT2D eigenvalue weighted by Crippen LogP contribution is -2.63. The van der Waals surface area contributed by atoms with Crippen LogP contribution in [-0.2, 0) is 14.3 Å². The lowest BCUT2D eigenvalue weighted by atomic mass is 9.95. The number of carbonyl (C=O) groups is 2. The number of benzene rings is 2. The first-order valence-corrected chi connectivity index (χ1v) is 8.00. The van der Waals surface area contributed by atoms with Crippen molar-refractivity contribution in [1.82, 2.24) is 0 Å². The number of hydrogen-bond acceptors (Lipinski definition) is 5. The van der Waals surface area contributed by atoms with Crippen LogP contribution in [0.4, 0.5) is 0 Å². The van der Waals surface area contributed by atoms with Crippen LogP contribution in [0.5, 0.6) is 0 Å². The highest BCUT2D eigenvalue weighted by molar-refractivity contribution is 5.86. The van der Waals surface area contributed by atoms with Gasteiger partial charge in [-0.25, -0.2) is 4.79 Å². The second-order valence-corrected chi connectivity index (χ2v) is 6.32. The van der Waals surface area contributed by atoms with E-state index in [0.29, 0.717) is 0 Å². The third-order valence-electron chi connectivity index (χ3n) is 4.80. The van der Waals surface area contributed by atoms with Crippen LogP contribution in [0.15, 0.2) is 48.5 Å². The van der Waals surface area contributed by atoms with Gasteiger partial charge in [-0.05, 0) is 29.2 Å². The summed E-state index contributed by atoms with van der Waals surface area (Å²) in [6.07, 6.45) is 0. The van der Waals surface area contributed by atoms with E-state index in [4.69, 9.17) is 21.3 Å². The summed E-state index contributed by atoms with van der Waals surface area (Å²) in [6, 6.07) is 15.9. The number of esters is 1. The summed E-state index contributed by atoms with van der Waals surface area (Å²) in [5.41, 5.74) is 13.3. The summed E-state index contributed by atoms with van der Waals surface area (Å²) < 4.78 is 5.38. The van der Waals surface area contributed by atoms with Crippen LogP contribution in [0.25, 0.3) is 11.1 Å². The Bertz CT molecular complexity index is 786. The van der Waals surface area contributed by atoms with Gasteiger partial charge in [-0.2, -0.15) is 0 Å². The molecule has 0 saturated carbocycles. The van der Waals surface area contributed by atoms with Gasteiger partial charge in [-0.3, -0.25) is 4.79 Å². The van der Waals surface area contributed by atoms with Gasteiger partial charge in [0.1, 0.15) is 6.61 Å². The fraction of sp³-hybridized carbons (Fsp3) is 0.263. The molecule has 130 valence electrons. The molecule has 0 aromatic heterocycles. The molecule has 1 aliphatic rings. The number of rotatable bonds is 5.